The number of aromatic nitrogens is 1. The monoisotopic (exact) mass is 236 g/mol. The fraction of sp³-hybridized carbons (Fsp3) is 0.615. The Labute approximate surface area is 104 Å². The summed E-state index contributed by atoms with van der Waals surface area (Å²) in [5.74, 6) is 1.86. The third-order valence-corrected chi connectivity index (χ3v) is 2.76. The largest absolute Gasteiger partial charge is 0.370 e. The first-order valence-electron chi connectivity index (χ1n) is 6.28. The number of pyridine rings is 1. The fourth-order valence-electron chi connectivity index (χ4n) is 1.43. The van der Waals surface area contributed by atoms with Crippen LogP contribution >= 0.6 is 0 Å². The Morgan fingerprint density at radius 2 is 1.88 bits per heavy atom. The lowest BCUT2D eigenvalue weighted by molar-refractivity contribution is 0.284. The summed E-state index contributed by atoms with van der Waals surface area (Å²) in [6.07, 6.45) is 0. The zero-order valence-electron chi connectivity index (χ0n) is 11.3. The van der Waals surface area contributed by atoms with Crippen LogP contribution in [0.3, 0.4) is 0 Å². The average Bonchev–Trinajstić information content (AvgIpc) is 2.29. The Balaban J connectivity index is 2.38. The third kappa shape index (κ3) is 5.04. The van der Waals surface area contributed by atoms with Crippen molar-refractivity contribution in [2.75, 3.05) is 37.3 Å². The van der Waals surface area contributed by atoms with E-state index in [1.807, 2.05) is 18.2 Å². The first-order valence-corrected chi connectivity index (χ1v) is 6.28. The van der Waals surface area contributed by atoms with Gasteiger partial charge in [0.1, 0.15) is 11.6 Å². The highest BCUT2D eigenvalue weighted by Crippen LogP contribution is 2.08. The molecular formula is C13H24N4. The molecule has 0 saturated carbocycles. The Bertz CT molecular complexity index is 325. The maximum atomic E-state index is 4.46. The van der Waals surface area contributed by atoms with Gasteiger partial charge < -0.3 is 15.5 Å². The Hall–Kier alpha value is -1.29. The number of likely N-dealkylation sites (N-methyl/N-ethyl adjacent to an activating group) is 1. The summed E-state index contributed by atoms with van der Waals surface area (Å²) < 4.78 is 0. The standard InChI is InChI=1S/C13H24N4/c1-5-14-12-7-6-8-13(16-12)15-9-10-17(4)11(2)3/h6-8,11H,5,9-10H2,1-4H3,(H2,14,15,16). The quantitative estimate of drug-likeness (QED) is 0.762. The first-order chi connectivity index (χ1) is 8.13. The summed E-state index contributed by atoms with van der Waals surface area (Å²) in [6, 6.07) is 6.57. The van der Waals surface area contributed by atoms with Crippen LogP contribution in [0.2, 0.25) is 0 Å². The molecule has 0 aliphatic rings. The molecule has 4 heteroatoms. The molecule has 1 aromatic rings. The number of hydrogen-bond donors (Lipinski definition) is 2. The van der Waals surface area contributed by atoms with E-state index in [0.29, 0.717) is 6.04 Å². The van der Waals surface area contributed by atoms with Gasteiger partial charge in [-0.3, -0.25) is 0 Å². The zero-order chi connectivity index (χ0) is 12.7. The van der Waals surface area contributed by atoms with Crippen LogP contribution in [0.1, 0.15) is 20.8 Å². The van der Waals surface area contributed by atoms with E-state index < -0.39 is 0 Å². The van der Waals surface area contributed by atoms with Crippen molar-refractivity contribution in [2.45, 2.75) is 26.8 Å². The van der Waals surface area contributed by atoms with Crippen molar-refractivity contribution in [3.8, 4) is 0 Å². The minimum atomic E-state index is 0.581. The van der Waals surface area contributed by atoms with Gasteiger partial charge in [-0.25, -0.2) is 4.98 Å². The van der Waals surface area contributed by atoms with E-state index in [1.54, 1.807) is 0 Å². The molecule has 0 aromatic carbocycles. The molecule has 0 atom stereocenters. The molecule has 4 nitrogen and oxygen atoms in total. The molecule has 1 heterocycles. The predicted octanol–water partition coefficient (Wildman–Crippen LogP) is 2.27. The van der Waals surface area contributed by atoms with Crippen LogP contribution in [0.5, 0.6) is 0 Å². The lowest BCUT2D eigenvalue weighted by Gasteiger charge is -2.21. The average molecular weight is 236 g/mol. The van der Waals surface area contributed by atoms with Gasteiger partial charge in [-0.15, -0.1) is 0 Å². The molecule has 1 rings (SSSR count). The van der Waals surface area contributed by atoms with Crippen LogP contribution < -0.4 is 10.6 Å². The van der Waals surface area contributed by atoms with Crippen molar-refractivity contribution < 1.29 is 0 Å². The summed E-state index contributed by atoms with van der Waals surface area (Å²) in [5, 5.41) is 6.54. The molecular weight excluding hydrogens is 212 g/mol. The van der Waals surface area contributed by atoms with E-state index >= 15 is 0 Å². The van der Waals surface area contributed by atoms with Crippen LogP contribution in [-0.2, 0) is 0 Å². The van der Waals surface area contributed by atoms with Crippen molar-refractivity contribution in [2.24, 2.45) is 0 Å². The van der Waals surface area contributed by atoms with Gasteiger partial charge in [0, 0.05) is 25.7 Å². The number of hydrogen-bond acceptors (Lipinski definition) is 4. The molecule has 0 aliphatic carbocycles. The zero-order valence-corrected chi connectivity index (χ0v) is 11.3. The minimum Gasteiger partial charge on any atom is -0.370 e. The molecule has 2 N–H and O–H groups in total. The molecule has 17 heavy (non-hydrogen) atoms. The highest BCUT2D eigenvalue weighted by molar-refractivity contribution is 5.44. The summed E-state index contributed by atoms with van der Waals surface area (Å²) in [5.41, 5.74) is 0. The maximum Gasteiger partial charge on any atom is 0.128 e. The number of anilines is 2. The molecule has 0 unspecified atom stereocenters. The molecule has 0 spiro atoms. The lowest BCUT2D eigenvalue weighted by Crippen LogP contribution is -2.31. The Kier molecular flexibility index (Phi) is 5.77. The SMILES string of the molecule is CCNc1cccc(NCCN(C)C(C)C)n1. The predicted molar refractivity (Wildman–Crippen MR) is 74.7 cm³/mol. The molecule has 0 bridgehead atoms. The summed E-state index contributed by atoms with van der Waals surface area (Å²) in [6.45, 7) is 9.29. The maximum absolute atomic E-state index is 4.46. The Morgan fingerprint density at radius 1 is 1.24 bits per heavy atom. The van der Waals surface area contributed by atoms with Crippen LogP contribution in [-0.4, -0.2) is 42.6 Å². The van der Waals surface area contributed by atoms with Gasteiger partial charge in [-0.1, -0.05) is 6.07 Å². The van der Waals surface area contributed by atoms with Gasteiger partial charge in [0.25, 0.3) is 0 Å². The van der Waals surface area contributed by atoms with Gasteiger partial charge in [-0.05, 0) is 40.0 Å². The van der Waals surface area contributed by atoms with E-state index in [2.05, 4.69) is 48.3 Å². The summed E-state index contributed by atoms with van der Waals surface area (Å²) in [7, 11) is 2.13. The van der Waals surface area contributed by atoms with Crippen molar-refractivity contribution in [1.82, 2.24) is 9.88 Å². The second-order valence-electron chi connectivity index (χ2n) is 4.44. The van der Waals surface area contributed by atoms with Crippen LogP contribution in [0.4, 0.5) is 11.6 Å². The number of rotatable bonds is 7. The van der Waals surface area contributed by atoms with Crippen molar-refractivity contribution in [3.05, 3.63) is 18.2 Å². The number of nitrogens with one attached hydrogen (secondary N) is 2. The van der Waals surface area contributed by atoms with Crippen molar-refractivity contribution >= 4 is 11.6 Å². The normalized spacial score (nSPS) is 10.9. The van der Waals surface area contributed by atoms with Crippen LogP contribution in [0.25, 0.3) is 0 Å². The smallest absolute Gasteiger partial charge is 0.128 e. The second-order valence-corrected chi connectivity index (χ2v) is 4.44. The van der Waals surface area contributed by atoms with E-state index in [-0.39, 0.29) is 0 Å². The van der Waals surface area contributed by atoms with E-state index in [0.717, 1.165) is 31.3 Å². The fourth-order valence-corrected chi connectivity index (χ4v) is 1.43. The highest BCUT2D eigenvalue weighted by Gasteiger charge is 2.02. The van der Waals surface area contributed by atoms with Crippen molar-refractivity contribution in [1.29, 1.82) is 0 Å². The molecule has 0 amide bonds. The van der Waals surface area contributed by atoms with Gasteiger partial charge in [-0.2, -0.15) is 0 Å². The number of nitrogens with zero attached hydrogens (tertiary/aromatic N) is 2. The first kappa shape index (κ1) is 13.8. The summed E-state index contributed by atoms with van der Waals surface area (Å²) in [4.78, 5) is 6.77. The highest BCUT2D eigenvalue weighted by atomic mass is 15.1. The van der Waals surface area contributed by atoms with Crippen molar-refractivity contribution in [3.63, 3.8) is 0 Å². The van der Waals surface area contributed by atoms with Gasteiger partial charge in [0.05, 0.1) is 0 Å². The van der Waals surface area contributed by atoms with E-state index in [1.165, 1.54) is 0 Å². The molecule has 0 aliphatic heterocycles. The van der Waals surface area contributed by atoms with Gasteiger partial charge in [0.2, 0.25) is 0 Å². The topological polar surface area (TPSA) is 40.2 Å². The minimum absolute atomic E-state index is 0.581. The Morgan fingerprint density at radius 3 is 2.47 bits per heavy atom. The van der Waals surface area contributed by atoms with Gasteiger partial charge in [0.15, 0.2) is 0 Å². The second kappa shape index (κ2) is 7.12. The molecule has 96 valence electrons. The van der Waals surface area contributed by atoms with Gasteiger partial charge >= 0.3 is 0 Å². The molecule has 0 radical (unpaired) electrons. The molecule has 0 fully saturated rings. The van der Waals surface area contributed by atoms with Crippen LogP contribution in [0, 0.1) is 0 Å². The lowest BCUT2D eigenvalue weighted by atomic mass is 10.3. The van der Waals surface area contributed by atoms with E-state index in [4.69, 9.17) is 0 Å². The molecule has 1 aromatic heterocycles. The third-order valence-electron chi connectivity index (χ3n) is 2.76. The molecule has 0 saturated heterocycles. The van der Waals surface area contributed by atoms with Crippen LogP contribution in [0.15, 0.2) is 18.2 Å². The summed E-state index contributed by atoms with van der Waals surface area (Å²) >= 11 is 0. The van der Waals surface area contributed by atoms with E-state index in [9.17, 15) is 0 Å².